The number of amides is 1. The maximum atomic E-state index is 10.9. The Morgan fingerprint density at radius 2 is 2.21 bits per heavy atom. The van der Waals surface area contributed by atoms with Gasteiger partial charge in [-0.1, -0.05) is 22.8 Å². The molecule has 1 aliphatic rings. The van der Waals surface area contributed by atoms with Crippen LogP contribution in [0, 0.1) is 6.92 Å². The van der Waals surface area contributed by atoms with Crippen LogP contribution < -0.4 is 16.0 Å². The molecular formula is C16H20ClN5O2. The molecule has 1 aromatic carbocycles. The van der Waals surface area contributed by atoms with Gasteiger partial charge in [-0.25, -0.2) is 0 Å². The van der Waals surface area contributed by atoms with Crippen LogP contribution in [-0.2, 0) is 6.54 Å². The Labute approximate surface area is 145 Å². The van der Waals surface area contributed by atoms with Crippen LogP contribution in [-0.4, -0.2) is 35.2 Å². The van der Waals surface area contributed by atoms with E-state index in [-0.39, 0.29) is 5.82 Å². The molecule has 2 heterocycles. The van der Waals surface area contributed by atoms with Gasteiger partial charge in [0.1, 0.15) is 0 Å². The monoisotopic (exact) mass is 349 g/mol. The fourth-order valence-electron chi connectivity index (χ4n) is 2.78. The lowest BCUT2D eigenvalue weighted by atomic mass is 10.0. The second-order valence-electron chi connectivity index (χ2n) is 5.95. The van der Waals surface area contributed by atoms with Crippen LogP contribution in [0.3, 0.4) is 0 Å². The largest absolute Gasteiger partial charge is 0.371 e. The van der Waals surface area contributed by atoms with E-state index < -0.39 is 5.91 Å². The summed E-state index contributed by atoms with van der Waals surface area (Å²) in [6.45, 7) is 4.34. The number of anilines is 1. The summed E-state index contributed by atoms with van der Waals surface area (Å²) in [5.74, 6) is -0.399. The van der Waals surface area contributed by atoms with Gasteiger partial charge in [0.15, 0.2) is 0 Å². The number of halogens is 1. The molecule has 3 N–H and O–H groups in total. The van der Waals surface area contributed by atoms with Gasteiger partial charge in [0, 0.05) is 29.8 Å². The van der Waals surface area contributed by atoms with E-state index in [1.165, 1.54) is 0 Å². The predicted octanol–water partition coefficient (Wildman–Crippen LogP) is 1.89. The van der Waals surface area contributed by atoms with E-state index >= 15 is 0 Å². The molecule has 0 bridgehead atoms. The lowest BCUT2D eigenvalue weighted by Crippen LogP contribution is -2.42. The highest BCUT2D eigenvalue weighted by Crippen LogP contribution is 2.25. The van der Waals surface area contributed by atoms with E-state index in [0.29, 0.717) is 18.5 Å². The summed E-state index contributed by atoms with van der Waals surface area (Å²) in [5.41, 5.74) is 7.35. The minimum atomic E-state index is -0.685. The molecule has 8 heteroatoms. The number of benzene rings is 1. The van der Waals surface area contributed by atoms with Gasteiger partial charge >= 0.3 is 0 Å². The third-order valence-corrected chi connectivity index (χ3v) is 4.65. The zero-order valence-electron chi connectivity index (χ0n) is 13.5. The number of primary amides is 1. The SMILES string of the molecule is Cc1ccc(N2CCC(NCc3nc(C(N)=O)no3)CC2)cc1Cl. The Morgan fingerprint density at radius 1 is 1.46 bits per heavy atom. The highest BCUT2D eigenvalue weighted by atomic mass is 35.5. The van der Waals surface area contributed by atoms with Gasteiger partial charge in [0.05, 0.1) is 6.54 Å². The van der Waals surface area contributed by atoms with Crippen LogP contribution >= 0.6 is 11.6 Å². The number of hydrogen-bond donors (Lipinski definition) is 2. The quantitative estimate of drug-likeness (QED) is 0.855. The number of rotatable bonds is 5. The molecule has 0 saturated carbocycles. The third kappa shape index (κ3) is 3.85. The lowest BCUT2D eigenvalue weighted by molar-refractivity contribution is 0.0987. The van der Waals surface area contributed by atoms with Crippen molar-refractivity contribution in [1.29, 1.82) is 0 Å². The molecule has 1 aliphatic heterocycles. The minimum Gasteiger partial charge on any atom is -0.371 e. The first-order chi connectivity index (χ1) is 11.5. The van der Waals surface area contributed by atoms with Crippen molar-refractivity contribution in [3.63, 3.8) is 0 Å². The Morgan fingerprint density at radius 3 is 2.83 bits per heavy atom. The average molecular weight is 350 g/mol. The van der Waals surface area contributed by atoms with Gasteiger partial charge in [-0.05, 0) is 37.5 Å². The molecule has 1 amide bonds. The molecule has 3 rings (SSSR count). The number of aromatic nitrogens is 2. The summed E-state index contributed by atoms with van der Waals surface area (Å²) in [4.78, 5) is 17.2. The first-order valence-corrected chi connectivity index (χ1v) is 8.27. The highest BCUT2D eigenvalue weighted by Gasteiger charge is 2.20. The summed E-state index contributed by atoms with van der Waals surface area (Å²) in [6.07, 6.45) is 2.00. The predicted molar refractivity (Wildman–Crippen MR) is 91.1 cm³/mol. The second kappa shape index (κ2) is 7.19. The molecule has 0 radical (unpaired) electrons. The van der Waals surface area contributed by atoms with Crippen molar-refractivity contribution >= 4 is 23.2 Å². The van der Waals surface area contributed by atoms with Gasteiger partial charge in [0.25, 0.3) is 11.7 Å². The van der Waals surface area contributed by atoms with Gasteiger partial charge in [-0.15, -0.1) is 0 Å². The number of nitrogens with one attached hydrogen (secondary N) is 1. The standard InChI is InChI=1S/C16H20ClN5O2/c1-10-2-3-12(8-13(10)17)22-6-4-11(5-7-22)19-9-14-20-16(15(18)23)21-24-14/h2-3,8,11,19H,4-7,9H2,1H3,(H2,18,23). The van der Waals surface area contributed by atoms with E-state index in [2.05, 4.69) is 26.4 Å². The number of carbonyl (C=O) groups is 1. The van der Waals surface area contributed by atoms with Crippen molar-refractivity contribution in [2.45, 2.75) is 32.4 Å². The van der Waals surface area contributed by atoms with E-state index in [0.717, 1.165) is 42.2 Å². The van der Waals surface area contributed by atoms with Crippen LogP contribution in [0.15, 0.2) is 22.7 Å². The van der Waals surface area contributed by atoms with Crippen molar-refractivity contribution in [2.75, 3.05) is 18.0 Å². The maximum absolute atomic E-state index is 10.9. The van der Waals surface area contributed by atoms with Crippen LogP contribution in [0.25, 0.3) is 0 Å². The number of carbonyl (C=O) groups excluding carboxylic acids is 1. The zero-order chi connectivity index (χ0) is 17.1. The summed E-state index contributed by atoms with van der Waals surface area (Å²) in [6, 6.07) is 6.55. The molecule has 7 nitrogen and oxygen atoms in total. The fourth-order valence-corrected chi connectivity index (χ4v) is 2.95. The average Bonchev–Trinajstić information content (AvgIpc) is 3.05. The molecule has 0 unspecified atom stereocenters. The van der Waals surface area contributed by atoms with Crippen molar-refractivity contribution in [3.8, 4) is 0 Å². The van der Waals surface area contributed by atoms with Gasteiger partial charge in [-0.2, -0.15) is 4.98 Å². The van der Waals surface area contributed by atoms with E-state index in [4.69, 9.17) is 21.9 Å². The molecule has 24 heavy (non-hydrogen) atoms. The van der Waals surface area contributed by atoms with Gasteiger partial charge in [-0.3, -0.25) is 4.79 Å². The summed E-state index contributed by atoms with van der Waals surface area (Å²) in [5, 5.41) is 7.71. The molecule has 1 saturated heterocycles. The maximum Gasteiger partial charge on any atom is 0.290 e. The smallest absolute Gasteiger partial charge is 0.290 e. The van der Waals surface area contributed by atoms with Crippen LogP contribution in [0.4, 0.5) is 5.69 Å². The molecule has 128 valence electrons. The Balaban J connectivity index is 1.49. The first kappa shape index (κ1) is 16.7. The number of hydrogen-bond acceptors (Lipinski definition) is 6. The lowest BCUT2D eigenvalue weighted by Gasteiger charge is -2.34. The normalized spacial score (nSPS) is 15.7. The van der Waals surface area contributed by atoms with E-state index in [9.17, 15) is 4.79 Å². The summed E-state index contributed by atoms with van der Waals surface area (Å²) >= 11 is 6.21. The van der Waals surface area contributed by atoms with Gasteiger partial charge < -0.3 is 20.5 Å². The number of nitrogens with two attached hydrogens (primary N) is 1. The molecular weight excluding hydrogens is 330 g/mol. The van der Waals surface area contributed by atoms with Crippen molar-refractivity contribution in [1.82, 2.24) is 15.5 Å². The van der Waals surface area contributed by atoms with E-state index in [1.54, 1.807) is 0 Å². The fraction of sp³-hybridized carbons (Fsp3) is 0.438. The summed E-state index contributed by atoms with van der Waals surface area (Å²) in [7, 11) is 0. The molecule has 0 aliphatic carbocycles. The summed E-state index contributed by atoms with van der Waals surface area (Å²) < 4.78 is 4.98. The van der Waals surface area contributed by atoms with Gasteiger partial charge in [0.2, 0.25) is 5.89 Å². The topological polar surface area (TPSA) is 97.3 Å². The second-order valence-corrected chi connectivity index (χ2v) is 6.36. The van der Waals surface area contributed by atoms with Crippen molar-refractivity contribution < 1.29 is 9.32 Å². The number of piperidine rings is 1. The molecule has 2 aromatic rings. The Bertz CT molecular complexity index is 725. The van der Waals surface area contributed by atoms with Crippen LogP contribution in [0.1, 0.15) is 34.9 Å². The zero-order valence-corrected chi connectivity index (χ0v) is 14.2. The Kier molecular flexibility index (Phi) is 5.01. The van der Waals surface area contributed by atoms with Crippen LogP contribution in [0.2, 0.25) is 5.02 Å². The third-order valence-electron chi connectivity index (χ3n) is 4.25. The van der Waals surface area contributed by atoms with E-state index in [1.807, 2.05) is 19.1 Å². The van der Waals surface area contributed by atoms with Crippen molar-refractivity contribution in [2.24, 2.45) is 5.73 Å². The molecule has 1 fully saturated rings. The highest BCUT2D eigenvalue weighted by molar-refractivity contribution is 6.31. The molecule has 0 spiro atoms. The molecule has 1 aromatic heterocycles. The first-order valence-electron chi connectivity index (χ1n) is 7.90. The molecule has 0 atom stereocenters. The van der Waals surface area contributed by atoms with Crippen LogP contribution in [0.5, 0.6) is 0 Å². The Hall–Kier alpha value is -2.12. The van der Waals surface area contributed by atoms with Crippen molar-refractivity contribution in [3.05, 3.63) is 40.5 Å². The number of aryl methyl sites for hydroxylation is 1. The minimum absolute atomic E-state index is 0.0853. The number of nitrogens with zero attached hydrogens (tertiary/aromatic N) is 3.